The second-order valence-corrected chi connectivity index (χ2v) is 4.15. The number of rotatable bonds is 4. The minimum absolute atomic E-state index is 0.0770. The summed E-state index contributed by atoms with van der Waals surface area (Å²) in [7, 11) is 0. The van der Waals surface area contributed by atoms with Gasteiger partial charge in [0.2, 0.25) is 0 Å². The Bertz CT molecular complexity index is 385. The van der Waals surface area contributed by atoms with Gasteiger partial charge in [-0.2, -0.15) is 0 Å². The van der Waals surface area contributed by atoms with Crippen LogP contribution in [0.25, 0.3) is 0 Å². The zero-order valence-corrected chi connectivity index (χ0v) is 9.40. The van der Waals surface area contributed by atoms with Crippen LogP contribution < -0.4 is 5.73 Å². The molecule has 0 aliphatic rings. The van der Waals surface area contributed by atoms with Crippen LogP contribution in [0.3, 0.4) is 0 Å². The van der Waals surface area contributed by atoms with E-state index in [1.54, 1.807) is 38.1 Å². The molecule has 0 aliphatic heterocycles. The third-order valence-corrected chi connectivity index (χ3v) is 2.06. The Balaban J connectivity index is 2.68. The van der Waals surface area contributed by atoms with Crippen LogP contribution in [0.2, 0.25) is 0 Å². The first kappa shape index (κ1) is 12.2. The van der Waals surface area contributed by atoms with E-state index in [0.717, 1.165) is 0 Å². The quantitative estimate of drug-likeness (QED) is 0.792. The lowest BCUT2D eigenvalue weighted by Gasteiger charge is -2.22. The zero-order valence-electron chi connectivity index (χ0n) is 9.40. The molecule has 0 bridgehead atoms. The number of nitrogens with two attached hydrogens (primary N) is 1. The predicted octanol–water partition coefficient (Wildman–Crippen LogP) is 2.13. The number of hydrogen-bond donors (Lipinski definition) is 1. The maximum Gasteiger partial charge on any atom is 0.405 e. The van der Waals surface area contributed by atoms with Crippen molar-refractivity contribution in [2.24, 2.45) is 5.73 Å². The number of carbonyl (C=O) groups is 2. The van der Waals surface area contributed by atoms with Gasteiger partial charge in [0, 0.05) is 5.56 Å². The van der Waals surface area contributed by atoms with E-state index >= 15 is 0 Å². The summed E-state index contributed by atoms with van der Waals surface area (Å²) in [6, 6.07) is 8.86. The molecule has 0 saturated heterocycles. The van der Waals surface area contributed by atoms with E-state index < -0.39 is 11.7 Å². The van der Waals surface area contributed by atoms with Gasteiger partial charge in [0.1, 0.15) is 5.60 Å². The Kier molecular flexibility index (Phi) is 3.66. The highest BCUT2D eigenvalue weighted by Gasteiger charge is 2.25. The lowest BCUT2D eigenvalue weighted by atomic mass is 9.97. The Morgan fingerprint density at radius 1 is 1.25 bits per heavy atom. The van der Waals surface area contributed by atoms with E-state index in [2.05, 4.69) is 0 Å². The number of ketones is 1. The first-order chi connectivity index (χ1) is 7.41. The van der Waals surface area contributed by atoms with Crippen LogP contribution in [0.4, 0.5) is 4.79 Å². The van der Waals surface area contributed by atoms with Crippen molar-refractivity contribution >= 4 is 11.9 Å². The summed E-state index contributed by atoms with van der Waals surface area (Å²) >= 11 is 0. The van der Waals surface area contributed by atoms with E-state index in [-0.39, 0.29) is 12.2 Å². The third-order valence-electron chi connectivity index (χ3n) is 2.06. The molecule has 0 heterocycles. The van der Waals surface area contributed by atoms with Crippen molar-refractivity contribution in [1.82, 2.24) is 0 Å². The van der Waals surface area contributed by atoms with Crippen molar-refractivity contribution in [1.29, 1.82) is 0 Å². The Labute approximate surface area is 94.4 Å². The highest BCUT2D eigenvalue weighted by molar-refractivity contribution is 5.96. The first-order valence-corrected chi connectivity index (χ1v) is 4.97. The monoisotopic (exact) mass is 221 g/mol. The minimum atomic E-state index is -0.876. The minimum Gasteiger partial charge on any atom is -0.443 e. The van der Waals surface area contributed by atoms with Gasteiger partial charge in [-0.15, -0.1) is 0 Å². The molecule has 2 N–H and O–H groups in total. The third kappa shape index (κ3) is 3.73. The standard InChI is InChI=1S/C12H15NO3/c1-12(2,16-11(13)15)8-10(14)9-6-4-3-5-7-9/h3-7H,8H2,1-2H3,(H2,13,15). The van der Waals surface area contributed by atoms with Crippen LogP contribution in [-0.4, -0.2) is 17.5 Å². The number of ether oxygens (including phenoxy) is 1. The van der Waals surface area contributed by atoms with Crippen molar-refractivity contribution in [2.75, 3.05) is 0 Å². The second-order valence-electron chi connectivity index (χ2n) is 4.15. The van der Waals surface area contributed by atoms with Gasteiger partial charge < -0.3 is 10.5 Å². The molecule has 0 aromatic heterocycles. The van der Waals surface area contributed by atoms with Gasteiger partial charge >= 0.3 is 6.09 Å². The van der Waals surface area contributed by atoms with Crippen LogP contribution in [0.5, 0.6) is 0 Å². The van der Waals surface area contributed by atoms with Crippen molar-refractivity contribution < 1.29 is 14.3 Å². The maximum atomic E-state index is 11.8. The van der Waals surface area contributed by atoms with Crippen molar-refractivity contribution in [3.05, 3.63) is 35.9 Å². The molecule has 4 nitrogen and oxygen atoms in total. The van der Waals surface area contributed by atoms with Crippen molar-refractivity contribution in [2.45, 2.75) is 25.9 Å². The number of hydrogen-bond acceptors (Lipinski definition) is 3. The fourth-order valence-electron chi connectivity index (χ4n) is 1.42. The fraction of sp³-hybridized carbons (Fsp3) is 0.333. The number of carbonyl (C=O) groups excluding carboxylic acids is 2. The van der Waals surface area contributed by atoms with Crippen molar-refractivity contribution in [3.8, 4) is 0 Å². The summed E-state index contributed by atoms with van der Waals surface area (Å²) in [6.45, 7) is 3.30. The predicted molar refractivity (Wildman–Crippen MR) is 60.1 cm³/mol. The maximum absolute atomic E-state index is 11.8. The van der Waals surface area contributed by atoms with E-state index in [1.807, 2.05) is 6.07 Å². The molecular weight excluding hydrogens is 206 g/mol. The molecule has 0 radical (unpaired) electrons. The molecule has 0 unspecified atom stereocenters. The molecule has 1 rings (SSSR count). The average Bonchev–Trinajstić information content (AvgIpc) is 2.16. The summed E-state index contributed by atoms with van der Waals surface area (Å²) in [4.78, 5) is 22.4. The van der Waals surface area contributed by atoms with E-state index in [9.17, 15) is 9.59 Å². The van der Waals surface area contributed by atoms with Crippen LogP contribution in [0.15, 0.2) is 30.3 Å². The molecule has 0 spiro atoms. The fourth-order valence-corrected chi connectivity index (χ4v) is 1.42. The largest absolute Gasteiger partial charge is 0.443 e. The molecule has 1 amide bonds. The lowest BCUT2D eigenvalue weighted by Crippen LogP contribution is -2.33. The normalized spacial score (nSPS) is 10.9. The van der Waals surface area contributed by atoms with E-state index in [4.69, 9.17) is 10.5 Å². The van der Waals surface area contributed by atoms with Gasteiger partial charge in [0.25, 0.3) is 0 Å². The molecule has 0 fully saturated rings. The Morgan fingerprint density at radius 2 is 1.81 bits per heavy atom. The average molecular weight is 221 g/mol. The summed E-state index contributed by atoms with van der Waals surface area (Å²) in [6.07, 6.45) is -0.759. The number of primary amides is 1. The molecule has 0 aliphatic carbocycles. The zero-order chi connectivity index (χ0) is 12.2. The lowest BCUT2D eigenvalue weighted by molar-refractivity contribution is 0.0377. The van der Waals surface area contributed by atoms with Gasteiger partial charge in [-0.1, -0.05) is 30.3 Å². The Hall–Kier alpha value is -1.84. The highest BCUT2D eigenvalue weighted by atomic mass is 16.6. The molecular formula is C12H15NO3. The molecule has 1 aromatic rings. The van der Waals surface area contributed by atoms with Gasteiger partial charge in [-0.3, -0.25) is 4.79 Å². The van der Waals surface area contributed by atoms with Gasteiger partial charge in [0.05, 0.1) is 6.42 Å². The molecule has 1 aromatic carbocycles. The SMILES string of the molecule is CC(C)(CC(=O)c1ccccc1)OC(N)=O. The summed E-state index contributed by atoms with van der Waals surface area (Å²) in [5.74, 6) is -0.0770. The van der Waals surface area contributed by atoms with Gasteiger partial charge in [-0.05, 0) is 13.8 Å². The summed E-state index contributed by atoms with van der Waals surface area (Å²) in [5.41, 5.74) is 4.64. The molecule has 4 heteroatoms. The number of Topliss-reactive ketones (excluding diaryl/α,β-unsaturated/α-hetero) is 1. The van der Waals surface area contributed by atoms with E-state index in [1.165, 1.54) is 0 Å². The molecule has 86 valence electrons. The van der Waals surface area contributed by atoms with Crippen LogP contribution in [0, 0.1) is 0 Å². The molecule has 16 heavy (non-hydrogen) atoms. The van der Waals surface area contributed by atoms with Crippen LogP contribution in [-0.2, 0) is 4.74 Å². The summed E-state index contributed by atoms with van der Waals surface area (Å²) < 4.78 is 4.85. The highest BCUT2D eigenvalue weighted by Crippen LogP contribution is 2.17. The number of amides is 1. The molecule has 0 saturated carbocycles. The number of benzene rings is 1. The van der Waals surface area contributed by atoms with Crippen LogP contribution in [0.1, 0.15) is 30.6 Å². The second kappa shape index (κ2) is 4.79. The van der Waals surface area contributed by atoms with E-state index in [0.29, 0.717) is 5.56 Å². The van der Waals surface area contributed by atoms with Gasteiger partial charge in [0.15, 0.2) is 5.78 Å². The first-order valence-electron chi connectivity index (χ1n) is 4.97. The topological polar surface area (TPSA) is 69.4 Å². The Morgan fingerprint density at radius 3 is 2.31 bits per heavy atom. The smallest absolute Gasteiger partial charge is 0.405 e. The summed E-state index contributed by atoms with van der Waals surface area (Å²) in [5, 5.41) is 0. The molecule has 0 atom stereocenters. The van der Waals surface area contributed by atoms with Crippen molar-refractivity contribution in [3.63, 3.8) is 0 Å². The van der Waals surface area contributed by atoms with Gasteiger partial charge in [-0.25, -0.2) is 4.79 Å². The van der Waals surface area contributed by atoms with Crippen LogP contribution >= 0.6 is 0 Å².